The summed E-state index contributed by atoms with van der Waals surface area (Å²) in [6, 6.07) is 3.22. The molecule has 0 unspecified atom stereocenters. The molecule has 0 atom stereocenters. The third-order valence-corrected chi connectivity index (χ3v) is 3.34. The lowest BCUT2D eigenvalue weighted by atomic mass is 10.2. The second-order valence-corrected chi connectivity index (χ2v) is 6.86. The van der Waals surface area contributed by atoms with Gasteiger partial charge in [-0.05, 0) is 12.1 Å². The molecule has 3 nitrogen and oxygen atoms in total. The third kappa shape index (κ3) is 3.83. The van der Waals surface area contributed by atoms with E-state index in [-0.39, 0.29) is 5.75 Å². The number of methoxy groups -OCH3 is 1. The van der Waals surface area contributed by atoms with Gasteiger partial charge >= 0.3 is 0 Å². The number of ether oxygens (including phenoxy) is 1. The molecule has 1 rings (SSSR count). The van der Waals surface area contributed by atoms with Gasteiger partial charge in [-0.3, -0.25) is 0 Å². The van der Waals surface area contributed by atoms with Crippen molar-refractivity contribution < 1.29 is 13.2 Å². The molecule has 1 aromatic rings. The Kier molecular flexibility index (Phi) is 4.29. The average Bonchev–Trinajstić information content (AvgIpc) is 1.99. The molecule has 7 heteroatoms. The van der Waals surface area contributed by atoms with Gasteiger partial charge < -0.3 is 4.74 Å². The molecule has 1 aromatic carbocycles. The standard InChI is InChI=1S/C8H7BrCl2O3S/c1-14-8-5(4-15(11,12)13)2-6(9)3-7(8)10/h2-3H,4H2,1H3. The largest absolute Gasteiger partial charge is 0.495 e. The van der Waals surface area contributed by atoms with E-state index in [1.807, 2.05) is 0 Å². The van der Waals surface area contributed by atoms with E-state index in [1.54, 1.807) is 12.1 Å². The number of halogens is 3. The summed E-state index contributed by atoms with van der Waals surface area (Å²) in [6.07, 6.45) is 0. The first kappa shape index (κ1) is 13.1. The molecule has 0 aromatic heterocycles. The van der Waals surface area contributed by atoms with Crippen molar-refractivity contribution >= 4 is 47.3 Å². The van der Waals surface area contributed by atoms with Gasteiger partial charge in [-0.1, -0.05) is 27.5 Å². The lowest BCUT2D eigenvalue weighted by molar-refractivity contribution is 0.411. The van der Waals surface area contributed by atoms with Crippen LogP contribution in [0.1, 0.15) is 5.56 Å². The zero-order valence-corrected chi connectivity index (χ0v) is 11.5. The minimum absolute atomic E-state index is 0.323. The van der Waals surface area contributed by atoms with Crippen molar-refractivity contribution in [2.45, 2.75) is 5.75 Å². The quantitative estimate of drug-likeness (QED) is 0.798. The van der Waals surface area contributed by atoms with E-state index in [2.05, 4.69) is 15.9 Å². The predicted octanol–water partition coefficient (Wildman–Crippen LogP) is 3.18. The van der Waals surface area contributed by atoms with Gasteiger partial charge in [0.2, 0.25) is 9.05 Å². The summed E-state index contributed by atoms with van der Waals surface area (Å²) in [5, 5.41) is 0.335. The van der Waals surface area contributed by atoms with E-state index < -0.39 is 9.05 Å². The van der Waals surface area contributed by atoms with Gasteiger partial charge in [-0.15, -0.1) is 0 Å². The van der Waals surface area contributed by atoms with E-state index in [0.717, 1.165) is 0 Å². The van der Waals surface area contributed by atoms with Gasteiger partial charge in [0, 0.05) is 20.7 Å². The molecule has 0 N–H and O–H groups in total. The second kappa shape index (κ2) is 4.91. The van der Waals surface area contributed by atoms with Crippen molar-refractivity contribution in [3.05, 3.63) is 27.2 Å². The van der Waals surface area contributed by atoms with Crippen LogP contribution >= 0.6 is 38.2 Å². The van der Waals surface area contributed by atoms with E-state index in [1.165, 1.54) is 7.11 Å². The molecule has 15 heavy (non-hydrogen) atoms. The molecule has 0 aliphatic carbocycles. The molecular formula is C8H7BrCl2O3S. The Bertz CT molecular complexity index is 473. The van der Waals surface area contributed by atoms with Crippen LogP contribution in [0.5, 0.6) is 5.75 Å². The van der Waals surface area contributed by atoms with Crippen LogP contribution in [0.2, 0.25) is 5.02 Å². The fourth-order valence-corrected chi connectivity index (χ4v) is 3.03. The summed E-state index contributed by atoms with van der Waals surface area (Å²) in [5.41, 5.74) is 0.423. The van der Waals surface area contributed by atoms with E-state index in [0.29, 0.717) is 20.8 Å². The molecule has 0 aliphatic rings. The molecule has 0 aliphatic heterocycles. The van der Waals surface area contributed by atoms with Gasteiger partial charge in [-0.2, -0.15) is 0 Å². The first-order valence-corrected chi connectivity index (χ1v) is 7.42. The third-order valence-electron chi connectivity index (χ3n) is 1.62. The van der Waals surface area contributed by atoms with E-state index in [4.69, 9.17) is 27.0 Å². The van der Waals surface area contributed by atoms with Gasteiger partial charge in [-0.25, -0.2) is 8.42 Å². The van der Waals surface area contributed by atoms with Gasteiger partial charge in [0.25, 0.3) is 0 Å². The summed E-state index contributed by atoms with van der Waals surface area (Å²) in [6.45, 7) is 0. The van der Waals surface area contributed by atoms with Gasteiger partial charge in [0.05, 0.1) is 17.9 Å². The lowest BCUT2D eigenvalue weighted by Gasteiger charge is -2.09. The maximum Gasteiger partial charge on any atom is 0.236 e. The first-order chi connectivity index (χ1) is 6.83. The molecule has 0 heterocycles. The van der Waals surface area contributed by atoms with Gasteiger partial charge in [0.1, 0.15) is 5.75 Å². The molecule has 0 bridgehead atoms. The minimum atomic E-state index is -3.63. The number of hydrogen-bond donors (Lipinski definition) is 0. The van der Waals surface area contributed by atoms with Crippen LogP contribution in [0.25, 0.3) is 0 Å². The molecule has 0 saturated carbocycles. The highest BCUT2D eigenvalue weighted by molar-refractivity contribution is 9.10. The SMILES string of the molecule is COc1c(Cl)cc(Br)cc1CS(=O)(=O)Cl. The Morgan fingerprint density at radius 1 is 1.47 bits per heavy atom. The lowest BCUT2D eigenvalue weighted by Crippen LogP contribution is -1.99. The van der Waals surface area contributed by atoms with Crippen LogP contribution in [0.4, 0.5) is 0 Å². The van der Waals surface area contributed by atoms with Crippen LogP contribution in [-0.4, -0.2) is 15.5 Å². The van der Waals surface area contributed by atoms with E-state index >= 15 is 0 Å². The zero-order valence-electron chi connectivity index (χ0n) is 7.63. The zero-order chi connectivity index (χ0) is 11.6. The first-order valence-electron chi connectivity index (χ1n) is 3.77. The average molecular weight is 334 g/mol. The highest BCUT2D eigenvalue weighted by Gasteiger charge is 2.15. The Morgan fingerprint density at radius 2 is 2.07 bits per heavy atom. The molecular weight excluding hydrogens is 327 g/mol. The Morgan fingerprint density at radius 3 is 2.53 bits per heavy atom. The summed E-state index contributed by atoms with van der Waals surface area (Å²) >= 11 is 9.08. The Balaban J connectivity index is 3.27. The Hall–Kier alpha value is 0.0300. The predicted molar refractivity (Wildman–Crippen MR) is 64.2 cm³/mol. The smallest absolute Gasteiger partial charge is 0.236 e. The van der Waals surface area contributed by atoms with Crippen LogP contribution in [0.15, 0.2) is 16.6 Å². The van der Waals surface area contributed by atoms with Crippen LogP contribution in [0, 0.1) is 0 Å². The minimum Gasteiger partial charge on any atom is -0.495 e. The van der Waals surface area contributed by atoms with Crippen molar-refractivity contribution in [2.24, 2.45) is 0 Å². The van der Waals surface area contributed by atoms with Crippen molar-refractivity contribution in [3.63, 3.8) is 0 Å². The van der Waals surface area contributed by atoms with Crippen LogP contribution in [-0.2, 0) is 14.8 Å². The maximum absolute atomic E-state index is 10.9. The molecule has 0 fully saturated rings. The van der Waals surface area contributed by atoms with Crippen molar-refractivity contribution in [1.82, 2.24) is 0 Å². The molecule has 0 saturated heterocycles. The summed E-state index contributed by atoms with van der Waals surface area (Å²) < 4.78 is 27.6. The normalized spacial score (nSPS) is 11.5. The van der Waals surface area contributed by atoms with Crippen molar-refractivity contribution in [1.29, 1.82) is 0 Å². The monoisotopic (exact) mass is 332 g/mol. The molecule has 0 amide bonds. The van der Waals surface area contributed by atoms with E-state index in [9.17, 15) is 8.42 Å². The van der Waals surface area contributed by atoms with Crippen molar-refractivity contribution in [2.75, 3.05) is 7.11 Å². The maximum atomic E-state index is 10.9. The molecule has 84 valence electrons. The summed E-state index contributed by atoms with van der Waals surface area (Å²) in [5.74, 6) is 0.000702. The van der Waals surface area contributed by atoms with Gasteiger partial charge in [0.15, 0.2) is 0 Å². The fourth-order valence-electron chi connectivity index (χ4n) is 1.14. The highest BCUT2D eigenvalue weighted by atomic mass is 79.9. The molecule has 0 spiro atoms. The topological polar surface area (TPSA) is 43.4 Å². The second-order valence-electron chi connectivity index (χ2n) is 2.76. The summed E-state index contributed by atoms with van der Waals surface area (Å²) in [4.78, 5) is 0. The highest BCUT2D eigenvalue weighted by Crippen LogP contribution is 2.33. The number of benzene rings is 1. The van der Waals surface area contributed by atoms with Crippen LogP contribution in [0.3, 0.4) is 0 Å². The fraction of sp³-hybridized carbons (Fsp3) is 0.250. The number of hydrogen-bond acceptors (Lipinski definition) is 3. The van der Waals surface area contributed by atoms with Crippen LogP contribution < -0.4 is 4.74 Å². The van der Waals surface area contributed by atoms with Crippen molar-refractivity contribution in [3.8, 4) is 5.75 Å². The number of rotatable bonds is 3. The molecule has 0 radical (unpaired) electrons. The Labute approximate surface area is 106 Å². The summed E-state index contributed by atoms with van der Waals surface area (Å²) in [7, 11) is 2.95.